The Bertz CT molecular complexity index is 396. The van der Waals surface area contributed by atoms with Crippen molar-refractivity contribution in [2.75, 3.05) is 20.3 Å². The van der Waals surface area contributed by atoms with Gasteiger partial charge in [0.25, 0.3) is 0 Å². The predicted octanol–water partition coefficient (Wildman–Crippen LogP) is 0.373. The van der Waals surface area contributed by atoms with Gasteiger partial charge in [-0.05, 0) is 17.7 Å². The molecule has 1 aromatic carbocycles. The predicted molar refractivity (Wildman–Crippen MR) is 66.9 cm³/mol. The van der Waals surface area contributed by atoms with E-state index in [-0.39, 0.29) is 19.6 Å². The van der Waals surface area contributed by atoms with E-state index in [9.17, 15) is 14.3 Å². The van der Waals surface area contributed by atoms with Crippen LogP contribution in [0.1, 0.15) is 18.1 Å². The summed E-state index contributed by atoms with van der Waals surface area (Å²) in [5.41, 5.74) is 0.487. The van der Waals surface area contributed by atoms with Gasteiger partial charge in [0.05, 0.1) is 26.2 Å². The van der Waals surface area contributed by atoms with Gasteiger partial charge in [0.15, 0.2) is 0 Å². The molecular weight excluding hydrogens is 253 g/mol. The first-order chi connectivity index (χ1) is 9.08. The standard InChI is InChI=1S/C13H18FNO4/c1-19-12(17)8-11(15-6-7-16)13(18)9-2-4-10(14)5-3-9/h2-5,11,13,15-16,18H,6-8H2,1H3. The van der Waals surface area contributed by atoms with Crippen LogP contribution in [0.15, 0.2) is 24.3 Å². The first-order valence-electron chi connectivity index (χ1n) is 5.93. The first-order valence-corrected chi connectivity index (χ1v) is 5.93. The molecule has 0 aromatic heterocycles. The van der Waals surface area contributed by atoms with Crippen LogP contribution in [0.4, 0.5) is 4.39 Å². The molecular formula is C13H18FNO4. The van der Waals surface area contributed by atoms with Crippen LogP contribution in [0.2, 0.25) is 0 Å². The van der Waals surface area contributed by atoms with Crippen molar-refractivity contribution in [2.45, 2.75) is 18.6 Å². The number of halogens is 1. The molecule has 0 spiro atoms. The van der Waals surface area contributed by atoms with Gasteiger partial charge in [-0.25, -0.2) is 4.39 Å². The minimum absolute atomic E-state index is 0.0466. The normalized spacial score (nSPS) is 13.9. The maximum absolute atomic E-state index is 12.8. The fraction of sp³-hybridized carbons (Fsp3) is 0.462. The van der Waals surface area contributed by atoms with Crippen molar-refractivity contribution >= 4 is 5.97 Å². The molecule has 0 aliphatic rings. The highest BCUT2D eigenvalue weighted by atomic mass is 19.1. The highest BCUT2D eigenvalue weighted by Gasteiger charge is 2.23. The second-order valence-electron chi connectivity index (χ2n) is 4.06. The Kier molecular flexibility index (Phi) is 6.41. The van der Waals surface area contributed by atoms with Gasteiger partial charge in [0.2, 0.25) is 0 Å². The molecule has 2 unspecified atom stereocenters. The fourth-order valence-corrected chi connectivity index (χ4v) is 1.70. The van der Waals surface area contributed by atoms with Crippen molar-refractivity contribution < 1.29 is 24.1 Å². The van der Waals surface area contributed by atoms with Crippen LogP contribution in [0.25, 0.3) is 0 Å². The van der Waals surface area contributed by atoms with Crippen LogP contribution >= 0.6 is 0 Å². The molecule has 0 fully saturated rings. The molecule has 0 radical (unpaired) electrons. The number of ether oxygens (including phenoxy) is 1. The second kappa shape index (κ2) is 7.83. The molecule has 0 heterocycles. The summed E-state index contributed by atoms with van der Waals surface area (Å²) < 4.78 is 17.4. The molecule has 0 saturated heterocycles. The number of esters is 1. The van der Waals surface area contributed by atoms with E-state index >= 15 is 0 Å². The average molecular weight is 271 g/mol. The number of rotatable bonds is 7. The zero-order valence-corrected chi connectivity index (χ0v) is 10.7. The van der Waals surface area contributed by atoms with Crippen LogP contribution in [-0.4, -0.2) is 42.5 Å². The van der Waals surface area contributed by atoms with Gasteiger partial charge >= 0.3 is 5.97 Å². The third-order valence-corrected chi connectivity index (χ3v) is 2.73. The Balaban J connectivity index is 2.77. The molecule has 0 amide bonds. The summed E-state index contributed by atoms with van der Waals surface area (Å²) in [6.45, 7) is 0.119. The lowest BCUT2D eigenvalue weighted by Crippen LogP contribution is -2.38. The van der Waals surface area contributed by atoms with Gasteiger partial charge in [-0.3, -0.25) is 4.79 Å². The minimum Gasteiger partial charge on any atom is -0.469 e. The Morgan fingerprint density at radius 1 is 1.42 bits per heavy atom. The highest BCUT2D eigenvalue weighted by molar-refractivity contribution is 5.70. The van der Waals surface area contributed by atoms with E-state index in [0.717, 1.165) is 0 Å². The Labute approximate surface area is 111 Å². The summed E-state index contributed by atoms with van der Waals surface area (Å²) in [4.78, 5) is 11.3. The van der Waals surface area contributed by atoms with E-state index in [1.54, 1.807) is 0 Å². The lowest BCUT2D eigenvalue weighted by Gasteiger charge is -2.23. The van der Waals surface area contributed by atoms with Crippen molar-refractivity contribution in [1.29, 1.82) is 0 Å². The van der Waals surface area contributed by atoms with Gasteiger partial charge in [0.1, 0.15) is 5.82 Å². The third-order valence-electron chi connectivity index (χ3n) is 2.73. The summed E-state index contributed by atoms with van der Waals surface area (Å²) in [5, 5.41) is 21.8. The zero-order valence-electron chi connectivity index (χ0n) is 10.7. The number of hydrogen-bond donors (Lipinski definition) is 3. The minimum atomic E-state index is -0.994. The zero-order chi connectivity index (χ0) is 14.3. The van der Waals surface area contributed by atoms with Gasteiger partial charge < -0.3 is 20.3 Å². The summed E-state index contributed by atoms with van der Waals surface area (Å²) in [6, 6.07) is 4.76. The molecule has 106 valence electrons. The van der Waals surface area contributed by atoms with E-state index in [1.165, 1.54) is 31.4 Å². The monoisotopic (exact) mass is 271 g/mol. The molecule has 0 aliphatic carbocycles. The Hall–Kier alpha value is -1.50. The van der Waals surface area contributed by atoms with Crippen LogP contribution in [0, 0.1) is 5.82 Å². The smallest absolute Gasteiger partial charge is 0.307 e. The maximum Gasteiger partial charge on any atom is 0.307 e. The number of nitrogens with one attached hydrogen (secondary N) is 1. The first kappa shape index (κ1) is 15.6. The largest absolute Gasteiger partial charge is 0.469 e. The van der Waals surface area contributed by atoms with Crippen LogP contribution in [0.3, 0.4) is 0 Å². The molecule has 3 N–H and O–H groups in total. The number of carbonyl (C=O) groups is 1. The van der Waals surface area contributed by atoms with Gasteiger partial charge in [0, 0.05) is 12.6 Å². The van der Waals surface area contributed by atoms with E-state index < -0.39 is 23.9 Å². The Morgan fingerprint density at radius 2 is 2.05 bits per heavy atom. The van der Waals surface area contributed by atoms with Gasteiger partial charge in [-0.15, -0.1) is 0 Å². The van der Waals surface area contributed by atoms with E-state index in [1.807, 2.05) is 0 Å². The lowest BCUT2D eigenvalue weighted by atomic mass is 9.99. The maximum atomic E-state index is 12.8. The fourth-order valence-electron chi connectivity index (χ4n) is 1.70. The van der Waals surface area contributed by atoms with Crippen LogP contribution in [0.5, 0.6) is 0 Å². The Morgan fingerprint density at radius 3 is 2.58 bits per heavy atom. The summed E-state index contributed by atoms with van der Waals surface area (Å²) in [7, 11) is 1.26. The van der Waals surface area contributed by atoms with Gasteiger partial charge in [-0.1, -0.05) is 12.1 Å². The SMILES string of the molecule is COC(=O)CC(NCCO)C(O)c1ccc(F)cc1. The molecule has 0 aliphatic heterocycles. The number of methoxy groups -OCH3 is 1. The molecule has 0 bridgehead atoms. The number of benzene rings is 1. The van der Waals surface area contributed by atoms with E-state index in [4.69, 9.17) is 5.11 Å². The molecule has 19 heavy (non-hydrogen) atoms. The quantitative estimate of drug-likeness (QED) is 0.625. The van der Waals surface area contributed by atoms with Crippen molar-refractivity contribution in [1.82, 2.24) is 5.32 Å². The summed E-state index contributed by atoms with van der Waals surface area (Å²) in [6.07, 6.45) is -1.04. The molecule has 5 nitrogen and oxygen atoms in total. The molecule has 1 rings (SSSR count). The van der Waals surface area contributed by atoms with Crippen LogP contribution < -0.4 is 5.32 Å². The van der Waals surface area contributed by atoms with Crippen molar-refractivity contribution in [3.63, 3.8) is 0 Å². The molecule has 0 saturated carbocycles. The van der Waals surface area contributed by atoms with Gasteiger partial charge in [-0.2, -0.15) is 0 Å². The summed E-state index contributed by atoms with van der Waals surface area (Å²) in [5.74, 6) is -0.875. The third kappa shape index (κ3) is 4.94. The van der Waals surface area contributed by atoms with Crippen molar-refractivity contribution in [3.05, 3.63) is 35.6 Å². The second-order valence-corrected chi connectivity index (χ2v) is 4.06. The number of carbonyl (C=O) groups excluding carboxylic acids is 1. The van der Waals surface area contributed by atoms with Crippen molar-refractivity contribution in [3.8, 4) is 0 Å². The lowest BCUT2D eigenvalue weighted by molar-refractivity contribution is -0.142. The topological polar surface area (TPSA) is 78.8 Å². The number of hydrogen-bond acceptors (Lipinski definition) is 5. The number of aliphatic hydroxyl groups is 2. The van der Waals surface area contributed by atoms with E-state index in [0.29, 0.717) is 5.56 Å². The average Bonchev–Trinajstić information content (AvgIpc) is 2.43. The van der Waals surface area contributed by atoms with E-state index in [2.05, 4.69) is 10.1 Å². The molecule has 1 aromatic rings. The highest BCUT2D eigenvalue weighted by Crippen LogP contribution is 2.19. The molecule has 6 heteroatoms. The van der Waals surface area contributed by atoms with Crippen molar-refractivity contribution in [2.24, 2.45) is 0 Å². The summed E-state index contributed by atoms with van der Waals surface area (Å²) >= 11 is 0. The molecule has 2 atom stereocenters. The number of aliphatic hydroxyl groups excluding tert-OH is 2. The van der Waals surface area contributed by atoms with Crippen LogP contribution in [-0.2, 0) is 9.53 Å².